The molecule has 6 nitrogen and oxygen atoms in total. The smallest absolute Gasteiger partial charge is 0.266 e. The van der Waals surface area contributed by atoms with E-state index in [0.717, 1.165) is 22.2 Å². The van der Waals surface area contributed by atoms with Gasteiger partial charge in [-0.3, -0.25) is 19.2 Å². The molecule has 4 rings (SSSR count). The second kappa shape index (κ2) is 9.07. The first-order valence-electron chi connectivity index (χ1n) is 8.07. The van der Waals surface area contributed by atoms with Crippen LogP contribution in [0.3, 0.4) is 0 Å². The Balaban J connectivity index is 1.75. The molecule has 0 aromatic heterocycles. The molecule has 0 bridgehead atoms. The maximum atomic E-state index is 13.0. The fraction of sp³-hybridized carbons (Fsp3) is 0. The summed E-state index contributed by atoms with van der Waals surface area (Å²) >= 11 is 26.8. The summed E-state index contributed by atoms with van der Waals surface area (Å²) in [5, 5.41) is 0. The van der Waals surface area contributed by atoms with Crippen LogP contribution in [0.15, 0.2) is 48.2 Å². The summed E-state index contributed by atoms with van der Waals surface area (Å²) in [5.74, 6) is -2.42. The molecule has 4 amide bonds. The Labute approximate surface area is 247 Å². The van der Waals surface area contributed by atoms with E-state index in [1.807, 2.05) is 0 Å². The minimum atomic E-state index is -0.605. The Bertz CT molecular complexity index is 1160. The van der Waals surface area contributed by atoms with Crippen molar-refractivity contribution in [2.75, 3.05) is 0 Å². The number of halogens is 8. The van der Waals surface area contributed by atoms with Gasteiger partial charge in [-0.25, -0.2) is 9.80 Å². The van der Waals surface area contributed by atoms with Gasteiger partial charge in [-0.15, -0.1) is 0 Å². The standard InChI is InChI=1S/C18H2Br8N2O4/c19-7-3-4(8(20)12(24)11(7)23)16(30)27(15(3)29)1-2-28-17(31)5-6(18(28)32)10(22)14(26)13(25)9(5)21/h1-2H/b2-1+. The number of hydrogen-bond acceptors (Lipinski definition) is 4. The van der Waals surface area contributed by atoms with Crippen molar-refractivity contribution in [1.29, 1.82) is 0 Å². The number of carbonyl (C=O) groups is 4. The number of amides is 4. The van der Waals surface area contributed by atoms with E-state index in [9.17, 15) is 19.2 Å². The lowest BCUT2D eigenvalue weighted by molar-refractivity contribution is 0.0680. The predicted octanol–water partition coefficient (Wildman–Crippen LogP) is 8.15. The van der Waals surface area contributed by atoms with E-state index in [0.29, 0.717) is 35.8 Å². The van der Waals surface area contributed by atoms with Crippen LogP contribution < -0.4 is 0 Å². The Morgan fingerprint density at radius 3 is 0.750 bits per heavy atom. The molecule has 0 saturated carbocycles. The molecule has 0 unspecified atom stereocenters. The molecule has 14 heteroatoms. The Morgan fingerprint density at radius 2 is 0.562 bits per heavy atom. The van der Waals surface area contributed by atoms with Crippen molar-refractivity contribution in [2.24, 2.45) is 0 Å². The molecule has 0 radical (unpaired) electrons. The highest BCUT2D eigenvalue weighted by Gasteiger charge is 2.42. The van der Waals surface area contributed by atoms with Crippen LogP contribution in [0.4, 0.5) is 0 Å². The van der Waals surface area contributed by atoms with Crippen molar-refractivity contribution in [1.82, 2.24) is 9.80 Å². The Morgan fingerprint density at radius 1 is 0.375 bits per heavy atom. The van der Waals surface area contributed by atoms with Gasteiger partial charge >= 0.3 is 0 Å². The number of nitrogens with zero attached hydrogens (tertiary/aromatic N) is 2. The van der Waals surface area contributed by atoms with Crippen molar-refractivity contribution < 1.29 is 19.2 Å². The van der Waals surface area contributed by atoms with Crippen molar-refractivity contribution in [3.8, 4) is 0 Å². The highest BCUT2D eigenvalue weighted by Crippen LogP contribution is 2.47. The molecule has 0 atom stereocenters. The summed E-state index contributed by atoms with van der Waals surface area (Å²) in [7, 11) is 0. The van der Waals surface area contributed by atoms with Crippen LogP contribution >= 0.6 is 127 Å². The third-order valence-corrected chi connectivity index (χ3v) is 14.2. The molecule has 2 heterocycles. The number of carbonyl (C=O) groups excluding carboxylic acids is 4. The quantitative estimate of drug-likeness (QED) is 0.173. The molecule has 164 valence electrons. The first kappa shape index (κ1) is 25.4. The van der Waals surface area contributed by atoms with E-state index in [2.05, 4.69) is 127 Å². The third kappa shape index (κ3) is 3.58. The molecule has 0 fully saturated rings. The maximum Gasteiger partial charge on any atom is 0.266 e. The minimum absolute atomic E-state index is 0.155. The number of fused-ring (bicyclic) bond motifs is 2. The van der Waals surface area contributed by atoms with Gasteiger partial charge in [-0.1, -0.05) is 0 Å². The van der Waals surface area contributed by atoms with Gasteiger partial charge in [0.1, 0.15) is 0 Å². The van der Waals surface area contributed by atoms with Crippen LogP contribution in [0, 0.1) is 0 Å². The third-order valence-electron chi connectivity index (χ3n) is 4.63. The van der Waals surface area contributed by atoms with Gasteiger partial charge in [0.25, 0.3) is 23.6 Å². The van der Waals surface area contributed by atoms with Crippen LogP contribution in [0.5, 0.6) is 0 Å². The summed E-state index contributed by atoms with van der Waals surface area (Å²) in [5.41, 5.74) is 0.620. The van der Waals surface area contributed by atoms with Crippen LogP contribution in [0.2, 0.25) is 0 Å². The summed E-state index contributed by atoms with van der Waals surface area (Å²) in [4.78, 5) is 53.6. The van der Waals surface area contributed by atoms with Crippen LogP contribution in [0.25, 0.3) is 0 Å². The molecule has 32 heavy (non-hydrogen) atoms. The molecule has 0 spiro atoms. The maximum absolute atomic E-state index is 13.0. The van der Waals surface area contributed by atoms with Gasteiger partial charge in [0.05, 0.1) is 22.3 Å². The molecular formula is C18H2Br8N2O4. The van der Waals surface area contributed by atoms with Gasteiger partial charge < -0.3 is 0 Å². The zero-order chi connectivity index (χ0) is 23.8. The molecule has 2 aliphatic heterocycles. The molecule has 2 aromatic carbocycles. The van der Waals surface area contributed by atoms with Crippen LogP contribution in [-0.4, -0.2) is 33.4 Å². The highest BCUT2D eigenvalue weighted by molar-refractivity contribution is 9.15. The van der Waals surface area contributed by atoms with E-state index in [1.165, 1.54) is 0 Å². The lowest BCUT2D eigenvalue weighted by Crippen LogP contribution is -2.28. The lowest BCUT2D eigenvalue weighted by Gasteiger charge is -2.11. The number of hydrogen-bond donors (Lipinski definition) is 0. The second-order valence-electron chi connectivity index (χ2n) is 6.27. The lowest BCUT2D eigenvalue weighted by atomic mass is 10.1. The molecule has 2 aromatic rings. The van der Waals surface area contributed by atoms with Gasteiger partial charge in [0.15, 0.2) is 0 Å². The van der Waals surface area contributed by atoms with Gasteiger partial charge in [0, 0.05) is 48.2 Å². The highest BCUT2D eigenvalue weighted by atomic mass is 79.9. The second-order valence-corrected chi connectivity index (χ2v) is 12.6. The molecule has 0 saturated heterocycles. The largest absolute Gasteiger partial charge is 0.268 e. The number of rotatable bonds is 2. The summed E-state index contributed by atoms with van der Waals surface area (Å²) in [6.45, 7) is 0. The monoisotopic (exact) mass is 941 g/mol. The summed E-state index contributed by atoms with van der Waals surface area (Å²) in [6.07, 6.45) is 2.22. The topological polar surface area (TPSA) is 74.8 Å². The van der Waals surface area contributed by atoms with Crippen molar-refractivity contribution >= 4 is 151 Å². The van der Waals surface area contributed by atoms with Crippen LogP contribution in [-0.2, 0) is 0 Å². The van der Waals surface area contributed by atoms with E-state index >= 15 is 0 Å². The Kier molecular flexibility index (Phi) is 7.19. The zero-order valence-electron chi connectivity index (χ0n) is 14.7. The van der Waals surface area contributed by atoms with E-state index in [-0.39, 0.29) is 22.3 Å². The fourth-order valence-electron chi connectivity index (χ4n) is 3.14. The first-order valence-corrected chi connectivity index (χ1v) is 14.4. The number of imide groups is 2. The molecule has 2 aliphatic rings. The predicted molar refractivity (Wildman–Crippen MR) is 145 cm³/mol. The minimum Gasteiger partial charge on any atom is -0.268 e. The van der Waals surface area contributed by atoms with Gasteiger partial charge in [-0.2, -0.15) is 0 Å². The van der Waals surface area contributed by atoms with Crippen LogP contribution in [0.1, 0.15) is 41.4 Å². The van der Waals surface area contributed by atoms with Crippen molar-refractivity contribution in [3.63, 3.8) is 0 Å². The molecular weight excluding hydrogens is 947 g/mol. The van der Waals surface area contributed by atoms with Crippen molar-refractivity contribution in [2.45, 2.75) is 0 Å². The summed E-state index contributed by atoms with van der Waals surface area (Å²) < 4.78 is 3.84. The van der Waals surface area contributed by atoms with E-state index < -0.39 is 23.6 Å². The van der Waals surface area contributed by atoms with E-state index in [1.54, 1.807) is 0 Å². The van der Waals surface area contributed by atoms with Crippen molar-refractivity contribution in [3.05, 3.63) is 70.4 Å². The zero-order valence-corrected chi connectivity index (χ0v) is 27.4. The average Bonchev–Trinajstić information content (AvgIpc) is 3.15. The number of benzene rings is 2. The molecule has 0 N–H and O–H groups in total. The van der Waals surface area contributed by atoms with Gasteiger partial charge in [0.2, 0.25) is 0 Å². The summed E-state index contributed by atoms with van der Waals surface area (Å²) in [6, 6.07) is 0. The SMILES string of the molecule is O=C1c2c(Br)c(Br)c(Br)c(Br)c2C(=O)N1/C=C/N1C(=O)c2c(Br)c(Br)c(Br)c(Br)c2C1=O. The Hall–Kier alpha value is 0.300. The van der Waals surface area contributed by atoms with Gasteiger partial charge in [-0.05, 0) is 127 Å². The fourth-order valence-corrected chi connectivity index (χ4v) is 8.05. The average molecular weight is 949 g/mol. The molecule has 0 aliphatic carbocycles. The van der Waals surface area contributed by atoms with E-state index in [4.69, 9.17) is 0 Å². The normalized spacial score (nSPS) is 15.5. The first-order chi connectivity index (χ1) is 14.9.